The number of hydrogen-bond donors (Lipinski definition) is 3. The molecule has 0 aliphatic rings. The van der Waals surface area contributed by atoms with Gasteiger partial charge in [-0.1, -0.05) is 24.3 Å². The number of halogens is 4. The van der Waals surface area contributed by atoms with Crippen molar-refractivity contribution in [3.05, 3.63) is 88.7 Å². The number of anilines is 3. The molecule has 2 amide bonds. The topological polar surface area (TPSA) is 70.2 Å². The first-order valence-corrected chi connectivity index (χ1v) is 10.4. The van der Waals surface area contributed by atoms with Crippen LogP contribution in [-0.4, -0.2) is 18.2 Å². The highest BCUT2D eigenvalue weighted by Crippen LogP contribution is 2.27. The monoisotopic (exact) mass is 477 g/mol. The van der Waals surface area contributed by atoms with E-state index in [1.54, 1.807) is 32.0 Å². The highest BCUT2D eigenvalue weighted by Gasteiger charge is 2.13. The molecular formula is C24H23ClF3N3O2. The van der Waals surface area contributed by atoms with Gasteiger partial charge in [0.25, 0.3) is 0 Å². The fourth-order valence-electron chi connectivity index (χ4n) is 2.72. The second kappa shape index (κ2) is 12.5. The molecule has 0 saturated heterocycles. The first kappa shape index (κ1) is 25.7. The number of carbonyl (C=O) groups excluding carboxylic acids is 2. The Morgan fingerprint density at radius 1 is 0.970 bits per heavy atom. The molecule has 3 aromatic rings. The van der Waals surface area contributed by atoms with E-state index in [2.05, 4.69) is 16.0 Å². The molecule has 0 unspecified atom stereocenters. The van der Waals surface area contributed by atoms with Crippen LogP contribution in [0.5, 0.6) is 0 Å². The average Bonchev–Trinajstić information content (AvgIpc) is 2.80. The molecule has 0 bridgehead atoms. The molecule has 0 aliphatic carbocycles. The van der Waals surface area contributed by atoms with Gasteiger partial charge >= 0.3 is 0 Å². The Hall–Kier alpha value is -3.52. The molecule has 3 aromatic carbocycles. The van der Waals surface area contributed by atoms with Gasteiger partial charge in [-0.25, -0.2) is 13.2 Å². The summed E-state index contributed by atoms with van der Waals surface area (Å²) in [6.45, 7) is 3.85. The molecule has 3 rings (SSSR count). The van der Waals surface area contributed by atoms with Crippen LogP contribution in [0.15, 0.2) is 54.6 Å². The third-order valence-corrected chi connectivity index (χ3v) is 4.68. The van der Waals surface area contributed by atoms with Gasteiger partial charge in [-0.15, -0.1) is 11.6 Å². The normalized spacial score (nSPS) is 10.0. The van der Waals surface area contributed by atoms with Crippen molar-refractivity contribution >= 4 is 41.0 Å². The van der Waals surface area contributed by atoms with Gasteiger partial charge in [0.15, 0.2) is 11.6 Å². The van der Waals surface area contributed by atoms with Gasteiger partial charge in [0, 0.05) is 12.2 Å². The number of rotatable bonds is 7. The van der Waals surface area contributed by atoms with Crippen molar-refractivity contribution < 1.29 is 22.8 Å². The second-order valence-corrected chi connectivity index (χ2v) is 7.31. The zero-order valence-electron chi connectivity index (χ0n) is 18.0. The largest absolute Gasteiger partial charge is 0.355 e. The summed E-state index contributed by atoms with van der Waals surface area (Å²) in [5.41, 5.74) is 3.00. The number of carbonyl (C=O) groups is 2. The second-order valence-electron chi connectivity index (χ2n) is 7.04. The molecule has 3 N–H and O–H groups in total. The zero-order chi connectivity index (χ0) is 24.4. The molecule has 0 heterocycles. The standard InChI is InChI=1S/C14H12F3N.C10H11ClN2O2/c1-8-3-6-12(11(16)7-8)18-14-9(2)4-5-10(15)13(14)17;11-5-10(15)13-9-3-1-8(2-4-9)6-12-7-14/h3-7,18H,1-2H3;1-4,7H,5-6H2,(H,12,14)(H,13,15). The predicted octanol–water partition coefficient (Wildman–Crippen LogP) is 5.57. The van der Waals surface area contributed by atoms with Crippen LogP contribution in [0.25, 0.3) is 0 Å². The minimum Gasteiger partial charge on any atom is -0.355 e. The van der Waals surface area contributed by atoms with Crippen molar-refractivity contribution in [1.82, 2.24) is 5.32 Å². The Bertz CT molecular complexity index is 1110. The van der Waals surface area contributed by atoms with E-state index in [1.807, 2.05) is 12.1 Å². The van der Waals surface area contributed by atoms with Gasteiger partial charge in [0.2, 0.25) is 12.3 Å². The maximum absolute atomic E-state index is 13.6. The minimum atomic E-state index is -1.00. The lowest BCUT2D eigenvalue weighted by molar-refractivity contribution is -0.114. The number of benzene rings is 3. The first-order chi connectivity index (χ1) is 15.7. The van der Waals surface area contributed by atoms with Gasteiger partial charge in [-0.2, -0.15) is 0 Å². The predicted molar refractivity (Wildman–Crippen MR) is 124 cm³/mol. The smallest absolute Gasteiger partial charge is 0.239 e. The van der Waals surface area contributed by atoms with E-state index < -0.39 is 17.5 Å². The molecule has 0 atom stereocenters. The SMILES string of the molecule is Cc1ccc(Nc2c(C)ccc(F)c2F)c(F)c1.O=CNCc1ccc(NC(=O)CCl)cc1. The van der Waals surface area contributed by atoms with Gasteiger partial charge in [-0.3, -0.25) is 9.59 Å². The third-order valence-electron chi connectivity index (χ3n) is 4.44. The lowest BCUT2D eigenvalue weighted by Crippen LogP contribution is -2.13. The lowest BCUT2D eigenvalue weighted by atomic mass is 10.1. The minimum absolute atomic E-state index is 0.0437. The van der Waals surface area contributed by atoms with Crippen molar-refractivity contribution in [3.63, 3.8) is 0 Å². The maximum Gasteiger partial charge on any atom is 0.239 e. The van der Waals surface area contributed by atoms with Crippen molar-refractivity contribution in [2.24, 2.45) is 0 Å². The van der Waals surface area contributed by atoms with Crippen molar-refractivity contribution in [1.29, 1.82) is 0 Å². The molecule has 0 aliphatic heterocycles. The third kappa shape index (κ3) is 7.84. The molecular weight excluding hydrogens is 455 g/mol. The molecule has 0 saturated carbocycles. The van der Waals surface area contributed by atoms with Crippen LogP contribution in [-0.2, 0) is 16.1 Å². The summed E-state index contributed by atoms with van der Waals surface area (Å²) in [5.74, 6) is -2.77. The summed E-state index contributed by atoms with van der Waals surface area (Å²) >= 11 is 5.34. The molecule has 0 spiro atoms. The molecule has 9 heteroatoms. The molecule has 5 nitrogen and oxygen atoms in total. The summed E-state index contributed by atoms with van der Waals surface area (Å²) in [4.78, 5) is 21.0. The van der Waals surface area contributed by atoms with Crippen LogP contribution in [0, 0.1) is 31.3 Å². The van der Waals surface area contributed by atoms with Crippen LogP contribution in [0.4, 0.5) is 30.2 Å². The fourth-order valence-corrected chi connectivity index (χ4v) is 2.78. The highest BCUT2D eigenvalue weighted by molar-refractivity contribution is 6.29. The average molecular weight is 478 g/mol. The van der Waals surface area contributed by atoms with Crippen LogP contribution >= 0.6 is 11.6 Å². The van der Waals surface area contributed by atoms with Crippen molar-refractivity contribution in [3.8, 4) is 0 Å². The quantitative estimate of drug-likeness (QED) is 0.307. The van der Waals surface area contributed by atoms with Crippen LogP contribution in [0.1, 0.15) is 16.7 Å². The van der Waals surface area contributed by atoms with E-state index in [1.165, 1.54) is 18.2 Å². The highest BCUT2D eigenvalue weighted by atomic mass is 35.5. The Morgan fingerprint density at radius 3 is 2.27 bits per heavy atom. The van der Waals surface area contributed by atoms with Gasteiger partial charge in [-0.05, 0) is 60.9 Å². The van der Waals surface area contributed by atoms with Crippen LogP contribution in [0.3, 0.4) is 0 Å². The van der Waals surface area contributed by atoms with E-state index in [-0.39, 0.29) is 23.2 Å². The van der Waals surface area contributed by atoms with Crippen molar-refractivity contribution in [2.75, 3.05) is 16.5 Å². The van der Waals surface area contributed by atoms with E-state index >= 15 is 0 Å². The summed E-state index contributed by atoms with van der Waals surface area (Å²) < 4.78 is 40.3. The molecule has 0 fully saturated rings. The fraction of sp³-hybridized carbons (Fsp3) is 0.167. The van der Waals surface area contributed by atoms with E-state index in [9.17, 15) is 22.8 Å². The van der Waals surface area contributed by atoms with E-state index in [0.29, 0.717) is 24.2 Å². The number of nitrogens with one attached hydrogen (secondary N) is 3. The molecule has 0 aromatic heterocycles. The maximum atomic E-state index is 13.6. The van der Waals surface area contributed by atoms with Crippen molar-refractivity contribution in [2.45, 2.75) is 20.4 Å². The van der Waals surface area contributed by atoms with Gasteiger partial charge in [0.05, 0.1) is 11.4 Å². The summed E-state index contributed by atoms with van der Waals surface area (Å²) in [7, 11) is 0. The number of amides is 2. The van der Waals surface area contributed by atoms with E-state index in [4.69, 9.17) is 11.6 Å². The van der Waals surface area contributed by atoms with E-state index in [0.717, 1.165) is 17.2 Å². The Morgan fingerprint density at radius 2 is 1.67 bits per heavy atom. The number of alkyl halides is 1. The first-order valence-electron chi connectivity index (χ1n) is 9.84. The molecule has 33 heavy (non-hydrogen) atoms. The van der Waals surface area contributed by atoms with Gasteiger partial charge < -0.3 is 16.0 Å². The Kier molecular flexibility index (Phi) is 9.75. The van der Waals surface area contributed by atoms with Crippen LogP contribution in [0.2, 0.25) is 0 Å². The van der Waals surface area contributed by atoms with Crippen LogP contribution < -0.4 is 16.0 Å². The Balaban J connectivity index is 0.000000238. The zero-order valence-corrected chi connectivity index (χ0v) is 18.8. The number of aryl methyl sites for hydroxylation is 2. The molecule has 174 valence electrons. The summed E-state index contributed by atoms with van der Waals surface area (Å²) in [6, 6.07) is 14.1. The Labute approximate surface area is 195 Å². The number of hydrogen-bond acceptors (Lipinski definition) is 3. The lowest BCUT2D eigenvalue weighted by Gasteiger charge is -2.12. The molecule has 0 radical (unpaired) electrons. The van der Waals surface area contributed by atoms with Gasteiger partial charge in [0.1, 0.15) is 11.7 Å². The summed E-state index contributed by atoms with van der Waals surface area (Å²) in [6.07, 6.45) is 0.642. The summed E-state index contributed by atoms with van der Waals surface area (Å²) in [5, 5.41) is 7.75.